The van der Waals surface area contributed by atoms with E-state index in [-0.39, 0.29) is 24.4 Å². The van der Waals surface area contributed by atoms with Crippen molar-refractivity contribution in [1.29, 1.82) is 0 Å². The van der Waals surface area contributed by atoms with E-state index in [4.69, 9.17) is 5.73 Å². The molecule has 1 aliphatic rings. The molecule has 24 heavy (non-hydrogen) atoms. The third-order valence-electron chi connectivity index (χ3n) is 5.49. The van der Waals surface area contributed by atoms with E-state index in [2.05, 4.69) is 30.2 Å². The van der Waals surface area contributed by atoms with Gasteiger partial charge in [0.05, 0.1) is 6.04 Å². The second kappa shape index (κ2) is 8.04. The fourth-order valence-electron chi connectivity index (χ4n) is 3.71. The third kappa shape index (κ3) is 3.93. The van der Waals surface area contributed by atoms with Gasteiger partial charge in [-0.3, -0.25) is 4.79 Å². The van der Waals surface area contributed by atoms with Crippen LogP contribution in [0.15, 0.2) is 30.5 Å². The van der Waals surface area contributed by atoms with E-state index in [0.717, 1.165) is 22.9 Å². The molecular weight excluding hydrogens is 322 g/mol. The number of nitrogens with one attached hydrogen (secondary N) is 2. The Hall–Kier alpha value is -1.52. The lowest BCUT2D eigenvalue weighted by molar-refractivity contribution is -0.123. The number of carbonyl (C=O) groups excluding carboxylic acids is 1. The van der Waals surface area contributed by atoms with Crippen molar-refractivity contribution in [2.45, 2.75) is 51.6 Å². The highest BCUT2D eigenvalue weighted by atomic mass is 35.5. The number of rotatable bonds is 4. The minimum Gasteiger partial charge on any atom is -0.361 e. The molecule has 3 rings (SSSR count). The Bertz CT molecular complexity index is 684. The molecule has 4 atom stereocenters. The van der Waals surface area contributed by atoms with Crippen LogP contribution in [0.1, 0.15) is 38.7 Å². The third-order valence-corrected chi connectivity index (χ3v) is 5.49. The van der Waals surface area contributed by atoms with Crippen molar-refractivity contribution in [3.05, 3.63) is 36.0 Å². The molecule has 0 radical (unpaired) electrons. The van der Waals surface area contributed by atoms with Crippen LogP contribution in [-0.4, -0.2) is 23.0 Å². The molecule has 2 aromatic rings. The van der Waals surface area contributed by atoms with E-state index in [1.165, 1.54) is 12.8 Å². The molecule has 1 saturated carbocycles. The number of nitrogens with two attached hydrogens (primary N) is 1. The molecule has 1 aliphatic carbocycles. The van der Waals surface area contributed by atoms with Crippen LogP contribution < -0.4 is 11.1 Å². The summed E-state index contributed by atoms with van der Waals surface area (Å²) in [6.45, 7) is 4.51. The minimum atomic E-state index is -0.501. The van der Waals surface area contributed by atoms with Gasteiger partial charge < -0.3 is 16.0 Å². The molecule has 4 N–H and O–H groups in total. The van der Waals surface area contributed by atoms with Crippen molar-refractivity contribution in [1.82, 2.24) is 10.3 Å². The van der Waals surface area contributed by atoms with Crippen LogP contribution in [0.25, 0.3) is 10.9 Å². The Labute approximate surface area is 150 Å². The summed E-state index contributed by atoms with van der Waals surface area (Å²) in [4.78, 5) is 15.7. The summed E-state index contributed by atoms with van der Waals surface area (Å²) < 4.78 is 0. The number of H-pyrrole nitrogens is 1. The topological polar surface area (TPSA) is 70.9 Å². The first-order valence-electron chi connectivity index (χ1n) is 8.67. The maximum Gasteiger partial charge on any atom is 0.237 e. The zero-order valence-corrected chi connectivity index (χ0v) is 15.2. The van der Waals surface area contributed by atoms with Gasteiger partial charge >= 0.3 is 0 Å². The number of fused-ring (bicyclic) bond motifs is 1. The Morgan fingerprint density at radius 2 is 2.08 bits per heavy atom. The molecule has 5 heteroatoms. The molecule has 1 amide bonds. The quantitative estimate of drug-likeness (QED) is 0.791. The van der Waals surface area contributed by atoms with Crippen molar-refractivity contribution in [2.75, 3.05) is 0 Å². The van der Waals surface area contributed by atoms with Crippen molar-refractivity contribution in [3.63, 3.8) is 0 Å². The largest absolute Gasteiger partial charge is 0.361 e. The number of hydrogen-bond donors (Lipinski definition) is 3. The Morgan fingerprint density at radius 1 is 1.33 bits per heavy atom. The summed E-state index contributed by atoms with van der Waals surface area (Å²) in [5.41, 5.74) is 8.36. The highest BCUT2D eigenvalue weighted by molar-refractivity contribution is 5.86. The van der Waals surface area contributed by atoms with Gasteiger partial charge in [0.15, 0.2) is 0 Å². The zero-order valence-electron chi connectivity index (χ0n) is 14.4. The molecular formula is C19H28ClN3O. The number of para-hydroxylation sites is 1. The van der Waals surface area contributed by atoms with Crippen molar-refractivity contribution in [2.24, 2.45) is 17.6 Å². The van der Waals surface area contributed by atoms with Crippen LogP contribution >= 0.6 is 12.4 Å². The second-order valence-electron chi connectivity index (χ2n) is 7.05. The SMILES string of the molecule is CC1CCCC(NC(=O)[C@@H](N)Cc2c[nH]c3ccccc23)C1C.Cl. The minimum absolute atomic E-state index is 0. The number of aromatic amines is 1. The van der Waals surface area contributed by atoms with E-state index < -0.39 is 6.04 Å². The first-order chi connectivity index (χ1) is 11.1. The van der Waals surface area contributed by atoms with E-state index in [9.17, 15) is 4.79 Å². The lowest BCUT2D eigenvalue weighted by atomic mass is 9.78. The standard InChI is InChI=1S/C19H27N3O.ClH/c1-12-6-5-9-17(13(12)2)22-19(23)16(20)10-14-11-21-18-8-4-3-7-15(14)18;/h3-4,7-8,11-13,16-17,21H,5-6,9-10,20H2,1-2H3,(H,22,23);1H/t12?,13?,16-,17?;/m0./s1. The fourth-order valence-corrected chi connectivity index (χ4v) is 3.71. The fraction of sp³-hybridized carbons (Fsp3) is 0.526. The van der Waals surface area contributed by atoms with Gasteiger partial charge in [0.1, 0.15) is 0 Å². The number of halogens is 1. The second-order valence-corrected chi connectivity index (χ2v) is 7.05. The average Bonchev–Trinajstić information content (AvgIpc) is 2.95. The molecule has 1 aromatic heterocycles. The monoisotopic (exact) mass is 349 g/mol. The van der Waals surface area contributed by atoms with E-state index in [1.807, 2.05) is 24.4 Å². The molecule has 132 valence electrons. The van der Waals surface area contributed by atoms with Crippen LogP contribution in [-0.2, 0) is 11.2 Å². The van der Waals surface area contributed by atoms with E-state index in [1.54, 1.807) is 0 Å². The number of carbonyl (C=O) groups is 1. The highest BCUT2D eigenvalue weighted by Crippen LogP contribution is 2.29. The zero-order chi connectivity index (χ0) is 16.4. The summed E-state index contributed by atoms with van der Waals surface area (Å²) in [5.74, 6) is 1.16. The van der Waals surface area contributed by atoms with Crippen molar-refractivity contribution in [3.8, 4) is 0 Å². The van der Waals surface area contributed by atoms with E-state index >= 15 is 0 Å². The molecule has 0 aliphatic heterocycles. The van der Waals surface area contributed by atoms with Gasteiger partial charge in [-0.1, -0.05) is 44.9 Å². The van der Waals surface area contributed by atoms with Gasteiger partial charge in [-0.2, -0.15) is 0 Å². The summed E-state index contributed by atoms with van der Waals surface area (Å²) in [6, 6.07) is 7.88. The first-order valence-corrected chi connectivity index (χ1v) is 8.67. The van der Waals surface area contributed by atoms with Crippen LogP contribution in [0.4, 0.5) is 0 Å². The van der Waals surface area contributed by atoms with Crippen LogP contribution in [0.3, 0.4) is 0 Å². The molecule has 0 bridgehead atoms. The van der Waals surface area contributed by atoms with Gasteiger partial charge in [0, 0.05) is 23.1 Å². The van der Waals surface area contributed by atoms with Gasteiger partial charge in [0.2, 0.25) is 5.91 Å². The van der Waals surface area contributed by atoms with Crippen LogP contribution in [0, 0.1) is 11.8 Å². The Balaban J connectivity index is 0.00000208. The normalized spacial score (nSPS) is 25.0. The van der Waals surface area contributed by atoms with Gasteiger partial charge in [-0.15, -0.1) is 12.4 Å². The van der Waals surface area contributed by atoms with E-state index in [0.29, 0.717) is 18.3 Å². The predicted molar refractivity (Wildman–Crippen MR) is 101 cm³/mol. The van der Waals surface area contributed by atoms with Gasteiger partial charge in [-0.25, -0.2) is 0 Å². The number of aromatic nitrogens is 1. The van der Waals surface area contributed by atoms with Crippen LogP contribution in [0.2, 0.25) is 0 Å². The molecule has 3 unspecified atom stereocenters. The Kier molecular flexibility index (Phi) is 6.30. The molecule has 0 spiro atoms. The summed E-state index contributed by atoms with van der Waals surface area (Å²) >= 11 is 0. The van der Waals surface area contributed by atoms with Gasteiger partial charge in [0.25, 0.3) is 0 Å². The lowest BCUT2D eigenvalue weighted by Gasteiger charge is -2.35. The maximum absolute atomic E-state index is 12.5. The molecule has 4 nitrogen and oxygen atoms in total. The molecule has 0 saturated heterocycles. The first kappa shape index (κ1) is 18.8. The summed E-state index contributed by atoms with van der Waals surface area (Å²) in [6.07, 6.45) is 6.04. The molecule has 1 aromatic carbocycles. The smallest absolute Gasteiger partial charge is 0.237 e. The molecule has 1 heterocycles. The highest BCUT2D eigenvalue weighted by Gasteiger charge is 2.29. The number of hydrogen-bond acceptors (Lipinski definition) is 2. The van der Waals surface area contributed by atoms with Crippen molar-refractivity contribution < 1.29 is 4.79 Å². The summed E-state index contributed by atoms with van der Waals surface area (Å²) in [5, 5.41) is 4.33. The van der Waals surface area contributed by atoms with Crippen LogP contribution in [0.5, 0.6) is 0 Å². The molecule has 1 fully saturated rings. The van der Waals surface area contributed by atoms with Crippen molar-refractivity contribution >= 4 is 29.2 Å². The predicted octanol–water partition coefficient (Wildman–Crippen LogP) is 3.40. The summed E-state index contributed by atoms with van der Waals surface area (Å²) in [7, 11) is 0. The number of amides is 1. The number of benzene rings is 1. The lowest BCUT2D eigenvalue weighted by Crippen LogP contribution is -2.50. The Morgan fingerprint density at radius 3 is 2.88 bits per heavy atom. The van der Waals surface area contributed by atoms with Gasteiger partial charge in [-0.05, 0) is 36.3 Å². The average molecular weight is 350 g/mol. The maximum atomic E-state index is 12.5.